The summed E-state index contributed by atoms with van der Waals surface area (Å²) in [4.78, 5) is 14.7. The van der Waals surface area contributed by atoms with Crippen LogP contribution in [0.1, 0.15) is 5.56 Å². The topological polar surface area (TPSA) is 64.7 Å². The number of ether oxygens (including phenoxy) is 1. The molecule has 0 fully saturated rings. The number of hydrogen-bond acceptors (Lipinski definition) is 5. The third-order valence-electron chi connectivity index (χ3n) is 3.06. The monoisotopic (exact) mass is 288 g/mol. The van der Waals surface area contributed by atoms with Crippen molar-refractivity contribution >= 4 is 22.7 Å². The minimum Gasteiger partial charge on any atom is -0.463 e. The molecule has 0 spiro atoms. The molecular formula is C14H12N2O3S. The second kappa shape index (κ2) is 5.50. The molecule has 2 aliphatic rings. The molecule has 102 valence electrons. The zero-order valence-corrected chi connectivity index (χ0v) is 11.3. The molecule has 2 unspecified atom stereocenters. The van der Waals surface area contributed by atoms with Crippen molar-refractivity contribution in [2.45, 2.75) is 17.9 Å². The number of allylic oxidation sites excluding steroid dienone is 2. The molecule has 3 rings (SSSR count). The molecule has 0 bridgehead atoms. The highest BCUT2D eigenvalue weighted by Crippen LogP contribution is 2.26. The van der Waals surface area contributed by atoms with Crippen molar-refractivity contribution in [3.63, 3.8) is 0 Å². The van der Waals surface area contributed by atoms with E-state index >= 15 is 0 Å². The first-order valence-corrected chi connectivity index (χ1v) is 7.16. The summed E-state index contributed by atoms with van der Waals surface area (Å²) in [5.41, 5.74) is 1.11. The summed E-state index contributed by atoms with van der Waals surface area (Å²) < 4.78 is 5.72. The minimum atomic E-state index is -0.398. The lowest BCUT2D eigenvalue weighted by Crippen LogP contribution is -2.19. The number of nitro groups is 1. The Hall–Kier alpha value is -2.08. The van der Waals surface area contributed by atoms with Crippen molar-refractivity contribution in [1.29, 1.82) is 0 Å². The van der Waals surface area contributed by atoms with Gasteiger partial charge in [-0.05, 0) is 11.6 Å². The Morgan fingerprint density at radius 2 is 2.00 bits per heavy atom. The van der Waals surface area contributed by atoms with Crippen LogP contribution in [-0.4, -0.2) is 22.3 Å². The van der Waals surface area contributed by atoms with Gasteiger partial charge in [-0.15, -0.1) is 0 Å². The number of nitro benzene ring substituents is 1. The van der Waals surface area contributed by atoms with Gasteiger partial charge in [-0.2, -0.15) is 0 Å². The average molecular weight is 288 g/mol. The maximum atomic E-state index is 10.6. The number of benzene rings is 1. The molecule has 0 saturated heterocycles. The molecule has 0 saturated carbocycles. The largest absolute Gasteiger partial charge is 0.463 e. The average Bonchev–Trinajstić information content (AvgIpc) is 2.88. The van der Waals surface area contributed by atoms with Crippen LogP contribution in [0.2, 0.25) is 0 Å². The normalized spacial score (nSPS) is 23.1. The number of fused-ring (bicyclic) bond motifs is 1. The van der Waals surface area contributed by atoms with E-state index in [1.165, 1.54) is 23.9 Å². The smallest absolute Gasteiger partial charge is 0.269 e. The van der Waals surface area contributed by atoms with Gasteiger partial charge in [0.15, 0.2) is 0 Å². The van der Waals surface area contributed by atoms with Crippen molar-refractivity contribution in [3.8, 4) is 0 Å². The number of nitrogens with zero attached hydrogens (tertiary/aromatic N) is 2. The summed E-state index contributed by atoms with van der Waals surface area (Å²) in [6.45, 7) is 0. The van der Waals surface area contributed by atoms with Crippen molar-refractivity contribution in [2.75, 3.05) is 0 Å². The molecule has 1 heterocycles. The van der Waals surface area contributed by atoms with E-state index < -0.39 is 4.92 Å². The molecular weight excluding hydrogens is 276 g/mol. The van der Waals surface area contributed by atoms with Crippen molar-refractivity contribution < 1.29 is 9.66 Å². The van der Waals surface area contributed by atoms with E-state index in [0.717, 1.165) is 5.56 Å². The van der Waals surface area contributed by atoms with Gasteiger partial charge in [0.05, 0.1) is 4.92 Å². The van der Waals surface area contributed by atoms with E-state index in [1.807, 2.05) is 24.3 Å². The highest BCUT2D eigenvalue weighted by molar-refractivity contribution is 8.12. The first kappa shape index (κ1) is 12.9. The lowest BCUT2D eigenvalue weighted by molar-refractivity contribution is -0.384. The Morgan fingerprint density at radius 1 is 1.25 bits per heavy atom. The Morgan fingerprint density at radius 3 is 2.70 bits per heavy atom. The van der Waals surface area contributed by atoms with Crippen LogP contribution in [0, 0.1) is 10.1 Å². The minimum absolute atomic E-state index is 0.0133. The molecule has 5 nitrogen and oxygen atoms in total. The van der Waals surface area contributed by atoms with Gasteiger partial charge in [-0.1, -0.05) is 42.1 Å². The summed E-state index contributed by atoms with van der Waals surface area (Å²) >= 11 is 1.51. The first-order chi connectivity index (χ1) is 9.72. The number of non-ortho nitro benzene ring substituents is 1. The van der Waals surface area contributed by atoms with Crippen LogP contribution in [-0.2, 0) is 10.5 Å². The fourth-order valence-corrected chi connectivity index (χ4v) is 2.86. The number of thioether (sulfide) groups is 1. The SMILES string of the molecule is O=[N+]([O-])c1ccc(CSC2=NC3C=CC=CC3O2)cc1. The molecule has 0 amide bonds. The van der Waals surface area contributed by atoms with Gasteiger partial charge in [0, 0.05) is 17.9 Å². The summed E-state index contributed by atoms with van der Waals surface area (Å²) in [5, 5.41) is 11.2. The van der Waals surface area contributed by atoms with Gasteiger partial charge in [0.2, 0.25) is 5.23 Å². The Balaban J connectivity index is 1.59. The number of aliphatic imine (C=N–C) groups is 1. The standard InChI is InChI=1S/C14H12N2O3S/c17-16(18)11-7-5-10(6-8-11)9-20-14-15-12-3-1-2-4-13(12)19-14/h1-8,12-13H,9H2. The van der Waals surface area contributed by atoms with Gasteiger partial charge in [0.1, 0.15) is 12.1 Å². The van der Waals surface area contributed by atoms with Crippen LogP contribution in [0.3, 0.4) is 0 Å². The summed E-state index contributed by atoms with van der Waals surface area (Å²) in [6, 6.07) is 6.62. The predicted octanol–water partition coefficient (Wildman–Crippen LogP) is 3.08. The molecule has 1 aliphatic heterocycles. The summed E-state index contributed by atoms with van der Waals surface area (Å²) in [6.07, 6.45) is 7.95. The number of rotatable bonds is 3. The van der Waals surface area contributed by atoms with Crippen LogP contribution in [0.15, 0.2) is 53.6 Å². The van der Waals surface area contributed by atoms with Crippen LogP contribution in [0.25, 0.3) is 0 Å². The quantitative estimate of drug-likeness (QED) is 0.633. The van der Waals surface area contributed by atoms with Gasteiger partial charge >= 0.3 is 0 Å². The van der Waals surface area contributed by atoms with Crippen LogP contribution < -0.4 is 0 Å². The van der Waals surface area contributed by atoms with Crippen LogP contribution >= 0.6 is 11.8 Å². The Labute approximate surface area is 120 Å². The van der Waals surface area contributed by atoms with E-state index in [9.17, 15) is 10.1 Å². The predicted molar refractivity (Wildman–Crippen MR) is 78.8 cm³/mol. The Bertz CT molecular complexity index is 607. The molecule has 0 N–H and O–H groups in total. The van der Waals surface area contributed by atoms with Gasteiger partial charge < -0.3 is 4.74 Å². The Kier molecular flexibility index (Phi) is 3.56. The fraction of sp³-hybridized carbons (Fsp3) is 0.214. The third-order valence-corrected chi connectivity index (χ3v) is 3.98. The van der Waals surface area contributed by atoms with Crippen LogP contribution in [0.4, 0.5) is 5.69 Å². The summed E-state index contributed by atoms with van der Waals surface area (Å²) in [5.74, 6) is 0.684. The van der Waals surface area contributed by atoms with E-state index in [4.69, 9.17) is 4.74 Å². The maximum absolute atomic E-state index is 10.6. The zero-order chi connectivity index (χ0) is 13.9. The van der Waals surface area contributed by atoms with E-state index in [2.05, 4.69) is 4.99 Å². The molecule has 1 aliphatic carbocycles. The molecule has 2 atom stereocenters. The highest BCUT2D eigenvalue weighted by atomic mass is 32.2. The van der Waals surface area contributed by atoms with E-state index in [0.29, 0.717) is 11.0 Å². The molecule has 0 radical (unpaired) electrons. The first-order valence-electron chi connectivity index (χ1n) is 6.18. The maximum Gasteiger partial charge on any atom is 0.269 e. The van der Waals surface area contributed by atoms with Crippen molar-refractivity contribution in [2.24, 2.45) is 4.99 Å². The van der Waals surface area contributed by atoms with Gasteiger partial charge in [0.25, 0.3) is 5.69 Å². The lowest BCUT2D eigenvalue weighted by atomic mass is 10.1. The third kappa shape index (κ3) is 2.75. The summed E-state index contributed by atoms with van der Waals surface area (Å²) in [7, 11) is 0. The van der Waals surface area contributed by atoms with Crippen molar-refractivity contribution in [3.05, 3.63) is 64.2 Å². The molecule has 1 aromatic carbocycles. The van der Waals surface area contributed by atoms with E-state index in [1.54, 1.807) is 12.1 Å². The second-order valence-corrected chi connectivity index (χ2v) is 5.38. The zero-order valence-electron chi connectivity index (χ0n) is 10.5. The molecule has 0 aromatic heterocycles. The highest BCUT2D eigenvalue weighted by Gasteiger charge is 2.28. The van der Waals surface area contributed by atoms with Gasteiger partial charge in [-0.25, -0.2) is 4.99 Å². The lowest BCUT2D eigenvalue weighted by Gasteiger charge is -2.12. The fourth-order valence-electron chi connectivity index (χ4n) is 2.00. The number of hydrogen-bond donors (Lipinski definition) is 0. The van der Waals surface area contributed by atoms with E-state index in [-0.39, 0.29) is 17.8 Å². The van der Waals surface area contributed by atoms with Crippen LogP contribution in [0.5, 0.6) is 0 Å². The van der Waals surface area contributed by atoms with Gasteiger partial charge in [-0.3, -0.25) is 10.1 Å². The molecule has 1 aromatic rings. The second-order valence-electron chi connectivity index (χ2n) is 4.45. The molecule has 6 heteroatoms. The molecule has 20 heavy (non-hydrogen) atoms. The van der Waals surface area contributed by atoms with Crippen molar-refractivity contribution in [1.82, 2.24) is 0 Å².